The molecule has 2 heterocycles. The van der Waals surface area contributed by atoms with Gasteiger partial charge in [-0.2, -0.15) is 4.31 Å². The number of fused-ring (bicyclic) bond motifs is 1. The first-order chi connectivity index (χ1) is 20.1. The number of sulfonamides is 1. The number of nitrogens with zero attached hydrogens (tertiary/aromatic N) is 2. The smallest absolute Gasteiger partial charge is 0.309 e. The molecule has 42 heavy (non-hydrogen) atoms. The maximum atomic E-state index is 13.8. The van der Waals surface area contributed by atoms with E-state index in [1.165, 1.54) is 27.9 Å². The number of pyridine rings is 1. The monoisotopic (exact) mass is 650 g/mol. The fraction of sp³-hybridized carbons (Fsp3) is 0.281. The van der Waals surface area contributed by atoms with E-state index in [1.807, 2.05) is 36.4 Å². The van der Waals surface area contributed by atoms with Crippen LogP contribution in [0.1, 0.15) is 42.7 Å². The van der Waals surface area contributed by atoms with Crippen molar-refractivity contribution in [2.75, 3.05) is 19.7 Å². The van der Waals surface area contributed by atoms with E-state index in [1.54, 1.807) is 31.2 Å². The molecule has 0 amide bonds. The third kappa shape index (κ3) is 5.84. The summed E-state index contributed by atoms with van der Waals surface area (Å²) < 4.78 is 35.4. The summed E-state index contributed by atoms with van der Waals surface area (Å²) in [6.07, 6.45) is 0.824. The minimum absolute atomic E-state index is 0.0881. The lowest BCUT2D eigenvalue weighted by Gasteiger charge is -2.30. The van der Waals surface area contributed by atoms with Gasteiger partial charge in [0.2, 0.25) is 10.0 Å². The van der Waals surface area contributed by atoms with Gasteiger partial charge in [-0.25, -0.2) is 8.42 Å². The Labute approximate surface area is 253 Å². The van der Waals surface area contributed by atoms with E-state index in [0.717, 1.165) is 10.0 Å². The van der Waals surface area contributed by atoms with E-state index >= 15 is 0 Å². The maximum Gasteiger partial charge on any atom is 0.309 e. The van der Waals surface area contributed by atoms with Crippen molar-refractivity contribution >= 4 is 48.5 Å². The van der Waals surface area contributed by atoms with Gasteiger partial charge < -0.3 is 4.74 Å². The summed E-state index contributed by atoms with van der Waals surface area (Å²) in [6, 6.07) is 21.3. The highest BCUT2D eigenvalue weighted by molar-refractivity contribution is 9.10. The average Bonchev–Trinajstić information content (AvgIpc) is 2.99. The molecule has 1 aliphatic heterocycles. The predicted molar refractivity (Wildman–Crippen MR) is 165 cm³/mol. The van der Waals surface area contributed by atoms with Crippen LogP contribution in [0.15, 0.2) is 87.0 Å². The van der Waals surface area contributed by atoms with Crippen LogP contribution in [0.2, 0.25) is 0 Å². The number of hydrogen-bond donors (Lipinski definition) is 0. The summed E-state index contributed by atoms with van der Waals surface area (Å²) in [6.45, 7) is 4.06. The lowest BCUT2D eigenvalue weighted by Crippen LogP contribution is -2.40. The van der Waals surface area contributed by atoms with Crippen molar-refractivity contribution in [3.05, 3.63) is 98.9 Å². The van der Waals surface area contributed by atoms with Gasteiger partial charge in [-0.15, -0.1) is 0 Å². The highest BCUT2D eigenvalue weighted by Crippen LogP contribution is 2.33. The first-order valence-corrected chi connectivity index (χ1v) is 16.0. The van der Waals surface area contributed by atoms with Gasteiger partial charge in [-0.3, -0.25) is 19.0 Å². The van der Waals surface area contributed by atoms with Gasteiger partial charge in [-0.1, -0.05) is 58.4 Å². The van der Waals surface area contributed by atoms with Crippen molar-refractivity contribution in [1.82, 2.24) is 8.87 Å². The molecular formula is C32H31BrN2O6S. The van der Waals surface area contributed by atoms with Crippen LogP contribution < -0.4 is 5.56 Å². The van der Waals surface area contributed by atoms with Gasteiger partial charge in [-0.05, 0) is 66.6 Å². The lowest BCUT2D eigenvalue weighted by atomic mass is 9.95. The van der Waals surface area contributed by atoms with E-state index in [2.05, 4.69) is 15.9 Å². The van der Waals surface area contributed by atoms with Crippen LogP contribution in [0.25, 0.3) is 21.9 Å². The Bertz CT molecular complexity index is 1810. The van der Waals surface area contributed by atoms with Gasteiger partial charge in [0.05, 0.1) is 29.7 Å². The molecule has 1 aliphatic rings. The average molecular weight is 652 g/mol. The van der Waals surface area contributed by atoms with Crippen LogP contribution in [-0.4, -0.2) is 48.7 Å². The molecule has 0 bridgehead atoms. The topological polar surface area (TPSA) is 103 Å². The normalized spacial score (nSPS) is 14.6. The Morgan fingerprint density at radius 2 is 1.62 bits per heavy atom. The molecule has 4 aromatic rings. The third-order valence-electron chi connectivity index (χ3n) is 7.60. The van der Waals surface area contributed by atoms with E-state index in [0.29, 0.717) is 41.3 Å². The fourth-order valence-electron chi connectivity index (χ4n) is 5.52. The molecule has 10 heteroatoms. The molecule has 1 aromatic heterocycles. The molecule has 3 aromatic carbocycles. The zero-order valence-electron chi connectivity index (χ0n) is 23.4. The minimum atomic E-state index is -3.76. The van der Waals surface area contributed by atoms with Gasteiger partial charge in [0, 0.05) is 35.4 Å². The Balaban J connectivity index is 1.48. The van der Waals surface area contributed by atoms with Crippen molar-refractivity contribution in [3.8, 4) is 11.1 Å². The van der Waals surface area contributed by atoms with Crippen LogP contribution in [0.4, 0.5) is 0 Å². The first kappa shape index (κ1) is 29.9. The number of rotatable bonds is 8. The molecule has 0 radical (unpaired) electrons. The highest BCUT2D eigenvalue weighted by atomic mass is 79.9. The molecule has 0 atom stereocenters. The van der Waals surface area contributed by atoms with Crippen molar-refractivity contribution < 1.29 is 22.7 Å². The van der Waals surface area contributed by atoms with E-state index in [4.69, 9.17) is 4.74 Å². The van der Waals surface area contributed by atoms with E-state index < -0.39 is 10.0 Å². The second-order valence-electron chi connectivity index (χ2n) is 10.3. The second-order valence-corrected chi connectivity index (χ2v) is 13.2. The van der Waals surface area contributed by atoms with Gasteiger partial charge in [0.1, 0.15) is 0 Å². The summed E-state index contributed by atoms with van der Waals surface area (Å²) in [7, 11) is -3.76. The maximum absolute atomic E-state index is 13.8. The van der Waals surface area contributed by atoms with Crippen molar-refractivity contribution in [2.45, 2.75) is 38.1 Å². The molecule has 5 rings (SSSR count). The number of hydrogen-bond acceptors (Lipinski definition) is 6. The highest BCUT2D eigenvalue weighted by Gasteiger charge is 2.32. The number of Topliss-reactive ketones (excluding diaryl/α,β-unsaturated/α-hetero) is 1. The third-order valence-corrected chi connectivity index (χ3v) is 10.0. The Kier molecular flexibility index (Phi) is 8.77. The number of piperidine rings is 1. The van der Waals surface area contributed by atoms with Crippen LogP contribution in [0.5, 0.6) is 0 Å². The van der Waals surface area contributed by atoms with Crippen molar-refractivity contribution in [1.29, 1.82) is 0 Å². The number of aromatic nitrogens is 1. The number of carbonyl (C=O) groups is 2. The number of ether oxygens (including phenoxy) is 1. The van der Waals surface area contributed by atoms with Gasteiger partial charge in [0.25, 0.3) is 5.56 Å². The number of halogens is 1. The largest absolute Gasteiger partial charge is 0.466 e. The van der Waals surface area contributed by atoms with Gasteiger partial charge in [0.15, 0.2) is 5.78 Å². The molecule has 8 nitrogen and oxygen atoms in total. The summed E-state index contributed by atoms with van der Waals surface area (Å²) >= 11 is 3.50. The quantitative estimate of drug-likeness (QED) is 0.180. The van der Waals surface area contributed by atoms with Gasteiger partial charge >= 0.3 is 5.97 Å². The Hall–Kier alpha value is -3.60. The van der Waals surface area contributed by atoms with E-state index in [9.17, 15) is 22.8 Å². The molecule has 1 fully saturated rings. The lowest BCUT2D eigenvalue weighted by molar-refractivity contribution is -0.149. The van der Waals surface area contributed by atoms with Crippen LogP contribution in [0.3, 0.4) is 0 Å². The molecule has 0 unspecified atom stereocenters. The molecule has 0 aliphatic carbocycles. The fourth-order valence-corrected chi connectivity index (χ4v) is 7.35. The molecule has 1 saturated heterocycles. The molecule has 218 valence electrons. The first-order valence-electron chi connectivity index (χ1n) is 13.8. The zero-order valence-corrected chi connectivity index (χ0v) is 25.8. The predicted octanol–water partition coefficient (Wildman–Crippen LogP) is 5.65. The Morgan fingerprint density at radius 1 is 0.952 bits per heavy atom. The standard InChI is InChI=1S/C32H31BrN2O6S/c1-3-41-32(38)24-15-17-34(18-16-24)42(39,40)26-12-9-22(10-13-26)20-35-30(21(2)36)29(23-7-5-4-6-8-23)28-19-25(33)11-14-27(28)31(35)37/h4-14,19,24H,3,15-18,20H2,1-2H3. The summed E-state index contributed by atoms with van der Waals surface area (Å²) in [5.41, 5.74) is 2.15. The number of benzene rings is 3. The van der Waals surface area contributed by atoms with Crippen molar-refractivity contribution in [3.63, 3.8) is 0 Å². The van der Waals surface area contributed by atoms with Crippen LogP contribution in [0, 0.1) is 5.92 Å². The number of carbonyl (C=O) groups excluding carboxylic acids is 2. The second kappa shape index (κ2) is 12.3. The minimum Gasteiger partial charge on any atom is -0.466 e. The SMILES string of the molecule is CCOC(=O)C1CCN(S(=O)(=O)c2ccc(Cn3c(C(C)=O)c(-c4ccccc4)c4cc(Br)ccc4c3=O)cc2)CC1. The summed E-state index contributed by atoms with van der Waals surface area (Å²) in [5.74, 6) is -0.828. The zero-order chi connectivity index (χ0) is 30.0. The van der Waals surface area contributed by atoms with E-state index in [-0.39, 0.29) is 53.5 Å². The molecule has 0 saturated carbocycles. The number of esters is 1. The Morgan fingerprint density at radius 3 is 2.24 bits per heavy atom. The number of ketones is 1. The molecule has 0 N–H and O–H groups in total. The molecule has 0 spiro atoms. The molecular weight excluding hydrogens is 620 g/mol. The summed E-state index contributed by atoms with van der Waals surface area (Å²) in [4.78, 5) is 39.1. The summed E-state index contributed by atoms with van der Waals surface area (Å²) in [5, 5.41) is 1.16. The van der Waals surface area contributed by atoms with Crippen molar-refractivity contribution in [2.24, 2.45) is 5.92 Å². The van der Waals surface area contributed by atoms with Crippen LogP contribution in [-0.2, 0) is 26.1 Å². The van der Waals surface area contributed by atoms with Crippen LogP contribution >= 0.6 is 15.9 Å².